The van der Waals surface area contributed by atoms with Crippen LogP contribution < -0.4 is 0 Å². The van der Waals surface area contributed by atoms with Gasteiger partial charge in [-0.3, -0.25) is 0 Å². The number of allylic oxidation sites excluding steroid dienone is 6. The Morgan fingerprint density at radius 2 is 1.93 bits per heavy atom. The summed E-state index contributed by atoms with van der Waals surface area (Å²) in [6.45, 7) is 11.9. The topological polar surface area (TPSA) is 0 Å². The van der Waals surface area contributed by atoms with Crippen molar-refractivity contribution in [3.8, 4) is 0 Å². The van der Waals surface area contributed by atoms with Crippen molar-refractivity contribution >= 4 is 11.8 Å². The summed E-state index contributed by atoms with van der Waals surface area (Å²) in [6, 6.07) is 0. The fraction of sp³-hybridized carbons (Fsp3) is 0.286. The normalized spacial score (nSPS) is 26.8. The summed E-state index contributed by atoms with van der Waals surface area (Å²) in [7, 11) is 0. The van der Waals surface area contributed by atoms with Crippen LogP contribution >= 0.6 is 11.8 Å². The minimum Gasteiger partial charge on any atom is -0.117 e. The van der Waals surface area contributed by atoms with Crippen LogP contribution in [0.4, 0.5) is 0 Å². The van der Waals surface area contributed by atoms with Gasteiger partial charge < -0.3 is 0 Å². The van der Waals surface area contributed by atoms with Gasteiger partial charge in [0.1, 0.15) is 0 Å². The summed E-state index contributed by atoms with van der Waals surface area (Å²) in [6.07, 6.45) is 12.6. The van der Waals surface area contributed by atoms with Gasteiger partial charge in [-0.25, -0.2) is 0 Å². The maximum Gasteiger partial charge on any atom is 0.0375 e. The highest BCUT2D eigenvalue weighted by atomic mass is 32.2. The molecule has 0 spiro atoms. The van der Waals surface area contributed by atoms with Gasteiger partial charge in [0.15, 0.2) is 0 Å². The van der Waals surface area contributed by atoms with Crippen molar-refractivity contribution in [3.63, 3.8) is 0 Å². The molecule has 1 heterocycles. The SMILES string of the molecule is C=CC1=C(/C=C\C)C(/C=C\C)C(C=C)S1. The highest BCUT2D eigenvalue weighted by Crippen LogP contribution is 2.44. The first-order chi connectivity index (χ1) is 7.28. The molecule has 1 aliphatic rings. The van der Waals surface area contributed by atoms with E-state index in [4.69, 9.17) is 0 Å². The summed E-state index contributed by atoms with van der Waals surface area (Å²) in [5.41, 5.74) is 1.36. The maximum absolute atomic E-state index is 3.90. The predicted octanol–water partition coefficient (Wildman–Crippen LogP) is 4.50. The highest BCUT2D eigenvalue weighted by molar-refractivity contribution is 8.04. The van der Waals surface area contributed by atoms with Gasteiger partial charge in [-0.2, -0.15) is 0 Å². The maximum atomic E-state index is 3.90. The van der Waals surface area contributed by atoms with Crippen molar-refractivity contribution in [1.29, 1.82) is 0 Å². The molecule has 1 heteroatoms. The molecule has 0 nitrogen and oxygen atoms in total. The van der Waals surface area contributed by atoms with Crippen LogP contribution in [-0.4, -0.2) is 5.25 Å². The lowest BCUT2D eigenvalue weighted by Crippen LogP contribution is -2.08. The minimum absolute atomic E-state index is 0.445. The molecule has 0 bridgehead atoms. The van der Waals surface area contributed by atoms with E-state index in [0.717, 1.165) is 0 Å². The zero-order chi connectivity index (χ0) is 11.3. The lowest BCUT2D eigenvalue weighted by atomic mass is 9.94. The van der Waals surface area contributed by atoms with Crippen LogP contribution in [0.3, 0.4) is 0 Å². The van der Waals surface area contributed by atoms with E-state index in [1.54, 1.807) is 0 Å². The predicted molar refractivity (Wildman–Crippen MR) is 71.9 cm³/mol. The second kappa shape index (κ2) is 5.82. The Hall–Kier alpha value is -0.950. The Labute approximate surface area is 97.2 Å². The quantitative estimate of drug-likeness (QED) is 0.626. The molecule has 1 rings (SSSR count). The molecule has 0 aliphatic carbocycles. The van der Waals surface area contributed by atoms with Gasteiger partial charge >= 0.3 is 0 Å². The van der Waals surface area contributed by atoms with Gasteiger partial charge in [-0.15, -0.1) is 18.3 Å². The van der Waals surface area contributed by atoms with E-state index in [2.05, 4.69) is 44.4 Å². The molecule has 0 amide bonds. The average molecular weight is 218 g/mol. The summed E-state index contributed by atoms with van der Waals surface area (Å²) in [5.74, 6) is 0.446. The van der Waals surface area contributed by atoms with Crippen LogP contribution in [0, 0.1) is 5.92 Å². The van der Waals surface area contributed by atoms with Gasteiger partial charge in [0.2, 0.25) is 0 Å². The molecular weight excluding hydrogens is 200 g/mol. The third-order valence-electron chi connectivity index (χ3n) is 2.42. The van der Waals surface area contributed by atoms with E-state index in [0.29, 0.717) is 11.2 Å². The second-order valence-corrected chi connectivity index (χ2v) is 4.61. The summed E-state index contributed by atoms with van der Waals surface area (Å²) in [5, 5.41) is 0.445. The van der Waals surface area contributed by atoms with Crippen molar-refractivity contribution < 1.29 is 0 Å². The zero-order valence-electron chi connectivity index (χ0n) is 9.44. The fourth-order valence-electron chi connectivity index (χ4n) is 1.78. The molecule has 0 aromatic heterocycles. The van der Waals surface area contributed by atoms with Crippen LogP contribution in [0.2, 0.25) is 0 Å². The molecule has 0 saturated heterocycles. The third-order valence-corrected chi connectivity index (χ3v) is 3.84. The van der Waals surface area contributed by atoms with E-state index in [-0.39, 0.29) is 0 Å². The van der Waals surface area contributed by atoms with Crippen LogP contribution in [-0.2, 0) is 0 Å². The Kier molecular flexibility index (Phi) is 4.70. The standard InChI is InChI=1S/C14H18S/c1-5-9-11-12(10-6-2)14(8-4)15-13(11)7-3/h5-11,13H,3-4H2,1-2H3/b9-5-,10-6-. The molecule has 2 unspecified atom stereocenters. The molecule has 2 atom stereocenters. The van der Waals surface area contributed by atoms with Crippen molar-refractivity contribution in [3.05, 3.63) is 60.1 Å². The average Bonchev–Trinajstić information content (AvgIpc) is 2.58. The summed E-state index contributed by atoms with van der Waals surface area (Å²) >= 11 is 1.85. The molecule has 0 aromatic rings. The van der Waals surface area contributed by atoms with Gasteiger partial charge in [0.05, 0.1) is 0 Å². The van der Waals surface area contributed by atoms with Gasteiger partial charge in [0.25, 0.3) is 0 Å². The van der Waals surface area contributed by atoms with Crippen molar-refractivity contribution in [2.75, 3.05) is 0 Å². The minimum atomic E-state index is 0.445. The molecule has 0 radical (unpaired) electrons. The Morgan fingerprint density at radius 1 is 1.20 bits per heavy atom. The van der Waals surface area contributed by atoms with Crippen molar-refractivity contribution in [2.24, 2.45) is 5.92 Å². The molecule has 0 fully saturated rings. The van der Waals surface area contributed by atoms with Crippen molar-refractivity contribution in [1.82, 2.24) is 0 Å². The smallest absolute Gasteiger partial charge is 0.0375 e. The Morgan fingerprint density at radius 3 is 2.40 bits per heavy atom. The number of rotatable bonds is 4. The first-order valence-corrected chi connectivity index (χ1v) is 6.07. The Balaban J connectivity index is 3.09. The molecule has 1 aliphatic heterocycles. The van der Waals surface area contributed by atoms with Gasteiger partial charge in [-0.1, -0.05) is 43.0 Å². The summed E-state index contributed by atoms with van der Waals surface area (Å²) < 4.78 is 0. The number of hydrogen-bond acceptors (Lipinski definition) is 1. The van der Waals surface area contributed by atoms with E-state index in [1.165, 1.54) is 10.5 Å². The van der Waals surface area contributed by atoms with E-state index in [1.807, 2.05) is 30.8 Å². The Bertz CT molecular complexity index is 331. The van der Waals surface area contributed by atoms with E-state index < -0.39 is 0 Å². The first-order valence-electron chi connectivity index (χ1n) is 5.19. The monoisotopic (exact) mass is 218 g/mol. The largest absolute Gasteiger partial charge is 0.117 e. The molecule has 80 valence electrons. The van der Waals surface area contributed by atoms with Gasteiger partial charge in [-0.05, 0) is 19.4 Å². The van der Waals surface area contributed by atoms with Crippen molar-refractivity contribution in [2.45, 2.75) is 19.1 Å². The number of thioether (sulfide) groups is 1. The van der Waals surface area contributed by atoms with Crippen LogP contribution in [0.25, 0.3) is 0 Å². The lowest BCUT2D eigenvalue weighted by Gasteiger charge is -2.12. The lowest BCUT2D eigenvalue weighted by molar-refractivity contribution is 0.828. The highest BCUT2D eigenvalue weighted by Gasteiger charge is 2.28. The summed E-state index contributed by atoms with van der Waals surface area (Å²) in [4.78, 5) is 1.28. The van der Waals surface area contributed by atoms with E-state index in [9.17, 15) is 0 Å². The van der Waals surface area contributed by atoms with Crippen LogP contribution in [0.5, 0.6) is 0 Å². The fourth-order valence-corrected chi connectivity index (χ4v) is 2.99. The number of hydrogen-bond donors (Lipinski definition) is 0. The van der Waals surface area contributed by atoms with Crippen LogP contribution in [0.15, 0.2) is 60.1 Å². The van der Waals surface area contributed by atoms with Gasteiger partial charge in [0, 0.05) is 16.1 Å². The molecule has 15 heavy (non-hydrogen) atoms. The first kappa shape index (κ1) is 12.1. The molecule has 0 aromatic carbocycles. The molecule has 0 saturated carbocycles. The van der Waals surface area contributed by atoms with E-state index >= 15 is 0 Å². The molecule has 0 N–H and O–H groups in total. The van der Waals surface area contributed by atoms with Crippen LogP contribution in [0.1, 0.15) is 13.8 Å². The third kappa shape index (κ3) is 2.54. The second-order valence-electron chi connectivity index (χ2n) is 3.39. The zero-order valence-corrected chi connectivity index (χ0v) is 10.3. The molecular formula is C14H18S.